The quantitative estimate of drug-likeness (QED) is 0.798. The molecule has 0 radical (unpaired) electrons. The Bertz CT molecular complexity index is 404. The van der Waals surface area contributed by atoms with E-state index in [1.807, 2.05) is 6.07 Å². The van der Waals surface area contributed by atoms with Crippen molar-refractivity contribution in [2.45, 2.75) is 11.8 Å². The lowest BCUT2D eigenvalue weighted by molar-refractivity contribution is 0.150. The number of ether oxygens (including phenoxy) is 1. The van der Waals surface area contributed by atoms with E-state index in [0.29, 0.717) is 0 Å². The molecular weight excluding hydrogens is 270 g/mol. The number of hydrogen-bond donors (Lipinski definition) is 0. The highest BCUT2D eigenvalue weighted by molar-refractivity contribution is 9.08. The zero-order valence-electron chi connectivity index (χ0n) is 7.80. The number of nitrogens with zero attached hydrogens (tertiary/aromatic N) is 2. The molecular formula is C9H7BrF2N2O. The average Bonchev–Trinajstić information content (AvgIpc) is 2.26. The normalized spacial score (nSPS) is 10.1. The maximum atomic E-state index is 12.6. The number of nitriles is 1. The van der Waals surface area contributed by atoms with Crippen LogP contribution in [0.2, 0.25) is 0 Å². The molecule has 0 saturated heterocycles. The number of halogens is 3. The molecule has 0 bridgehead atoms. The summed E-state index contributed by atoms with van der Waals surface area (Å²) in [4.78, 5) is 3.65. The number of alkyl halides is 3. The van der Waals surface area contributed by atoms with Crippen molar-refractivity contribution in [2.24, 2.45) is 0 Å². The van der Waals surface area contributed by atoms with E-state index in [0.717, 1.165) is 6.20 Å². The molecule has 0 saturated carbocycles. The van der Waals surface area contributed by atoms with Gasteiger partial charge in [0.05, 0.1) is 7.11 Å². The summed E-state index contributed by atoms with van der Waals surface area (Å²) in [6.45, 7) is 0. The molecule has 0 aromatic carbocycles. The molecule has 0 N–H and O–H groups in total. The van der Waals surface area contributed by atoms with Crippen LogP contribution in [0.15, 0.2) is 6.20 Å². The van der Waals surface area contributed by atoms with E-state index in [9.17, 15) is 8.78 Å². The molecule has 0 fully saturated rings. The highest BCUT2D eigenvalue weighted by atomic mass is 79.9. The number of aromatic nitrogens is 1. The molecule has 3 nitrogen and oxygen atoms in total. The van der Waals surface area contributed by atoms with Crippen LogP contribution < -0.4 is 4.74 Å². The summed E-state index contributed by atoms with van der Waals surface area (Å²) in [5.41, 5.74) is 0.0238. The van der Waals surface area contributed by atoms with Gasteiger partial charge in [0.25, 0.3) is 6.43 Å². The van der Waals surface area contributed by atoms with E-state index in [4.69, 9.17) is 10.00 Å². The Morgan fingerprint density at radius 2 is 2.33 bits per heavy atom. The van der Waals surface area contributed by atoms with Crippen molar-refractivity contribution >= 4 is 15.9 Å². The van der Waals surface area contributed by atoms with Crippen LogP contribution in [0.5, 0.6) is 5.88 Å². The van der Waals surface area contributed by atoms with Gasteiger partial charge in [0, 0.05) is 17.1 Å². The van der Waals surface area contributed by atoms with Gasteiger partial charge in [-0.15, -0.1) is 0 Å². The van der Waals surface area contributed by atoms with E-state index in [1.54, 1.807) is 0 Å². The Balaban J connectivity index is 3.43. The Morgan fingerprint density at radius 3 is 2.73 bits per heavy atom. The van der Waals surface area contributed by atoms with Crippen molar-refractivity contribution in [3.05, 3.63) is 22.9 Å². The van der Waals surface area contributed by atoms with Crippen LogP contribution >= 0.6 is 15.9 Å². The van der Waals surface area contributed by atoms with Crippen molar-refractivity contribution < 1.29 is 13.5 Å². The summed E-state index contributed by atoms with van der Waals surface area (Å²) < 4.78 is 29.9. The minimum atomic E-state index is -2.65. The van der Waals surface area contributed by atoms with Gasteiger partial charge in [0.2, 0.25) is 5.88 Å². The molecule has 0 atom stereocenters. The first-order valence-electron chi connectivity index (χ1n) is 3.95. The van der Waals surface area contributed by atoms with Gasteiger partial charge in [-0.1, -0.05) is 15.9 Å². The lowest BCUT2D eigenvalue weighted by Gasteiger charge is -2.10. The third-order valence-corrected chi connectivity index (χ3v) is 2.42. The van der Waals surface area contributed by atoms with Gasteiger partial charge >= 0.3 is 0 Å². The van der Waals surface area contributed by atoms with Crippen LogP contribution in [-0.4, -0.2) is 12.1 Å². The molecule has 0 amide bonds. The fourth-order valence-corrected chi connectivity index (χ4v) is 1.75. The van der Waals surface area contributed by atoms with Gasteiger partial charge in [-0.2, -0.15) is 5.26 Å². The molecule has 0 aliphatic carbocycles. The van der Waals surface area contributed by atoms with Crippen molar-refractivity contribution in [2.75, 3.05) is 7.11 Å². The smallest absolute Gasteiger partial charge is 0.265 e. The maximum absolute atomic E-state index is 12.6. The second-order valence-electron chi connectivity index (χ2n) is 2.62. The van der Waals surface area contributed by atoms with Gasteiger partial charge < -0.3 is 4.74 Å². The molecule has 0 spiro atoms. The summed E-state index contributed by atoms with van der Waals surface area (Å²) in [5.74, 6) is 0.0661. The zero-order chi connectivity index (χ0) is 11.4. The molecule has 6 heteroatoms. The van der Waals surface area contributed by atoms with Crippen LogP contribution in [0, 0.1) is 11.3 Å². The third-order valence-electron chi connectivity index (χ3n) is 1.86. The fourth-order valence-electron chi connectivity index (χ4n) is 1.15. The monoisotopic (exact) mass is 276 g/mol. The van der Waals surface area contributed by atoms with E-state index >= 15 is 0 Å². The van der Waals surface area contributed by atoms with E-state index in [1.165, 1.54) is 7.11 Å². The van der Waals surface area contributed by atoms with Crippen LogP contribution in [0.4, 0.5) is 8.78 Å². The second kappa shape index (κ2) is 5.03. The fraction of sp³-hybridized carbons (Fsp3) is 0.333. The molecule has 80 valence electrons. The predicted molar refractivity (Wildman–Crippen MR) is 53.1 cm³/mol. The molecule has 0 aliphatic rings. The van der Waals surface area contributed by atoms with E-state index < -0.39 is 6.43 Å². The number of hydrogen-bond acceptors (Lipinski definition) is 3. The summed E-state index contributed by atoms with van der Waals surface area (Å²) in [5, 5.41) is 8.99. The highest BCUT2D eigenvalue weighted by Crippen LogP contribution is 2.30. The topological polar surface area (TPSA) is 45.9 Å². The molecule has 15 heavy (non-hydrogen) atoms. The highest BCUT2D eigenvalue weighted by Gasteiger charge is 2.19. The SMILES string of the molecule is COc1ncc(C(F)F)c(CBr)c1C#N. The lowest BCUT2D eigenvalue weighted by Crippen LogP contribution is -2.01. The average molecular weight is 277 g/mol. The van der Waals surface area contributed by atoms with Gasteiger partial charge in [-0.05, 0) is 5.56 Å². The van der Waals surface area contributed by atoms with Crippen LogP contribution in [-0.2, 0) is 5.33 Å². The molecule has 0 unspecified atom stereocenters. The number of methoxy groups -OCH3 is 1. The van der Waals surface area contributed by atoms with E-state index in [-0.39, 0.29) is 27.9 Å². The molecule has 1 aromatic rings. The molecule has 0 aliphatic heterocycles. The Labute approximate surface area is 93.8 Å². The summed E-state index contributed by atoms with van der Waals surface area (Å²) in [6.07, 6.45) is -1.62. The minimum absolute atomic E-state index is 0.0483. The van der Waals surface area contributed by atoms with Crippen LogP contribution in [0.1, 0.15) is 23.1 Å². The lowest BCUT2D eigenvalue weighted by atomic mass is 10.1. The molecule has 1 rings (SSSR count). The standard InChI is InChI=1S/C9H7BrF2N2O/c1-15-9-6(3-13)5(2-10)7(4-14-9)8(11)12/h4,8H,2H2,1H3. The van der Waals surface area contributed by atoms with Crippen LogP contribution in [0.3, 0.4) is 0 Å². The molecule has 1 aromatic heterocycles. The molecule has 1 heterocycles. The number of rotatable bonds is 3. The predicted octanol–water partition coefficient (Wildman–Crippen LogP) is 2.79. The Hall–Kier alpha value is -1.22. The third kappa shape index (κ3) is 2.23. The summed E-state index contributed by atoms with van der Waals surface area (Å²) in [6, 6.07) is 1.81. The first-order chi connectivity index (χ1) is 7.15. The summed E-state index contributed by atoms with van der Waals surface area (Å²) in [7, 11) is 1.34. The summed E-state index contributed by atoms with van der Waals surface area (Å²) >= 11 is 3.06. The van der Waals surface area contributed by atoms with E-state index in [2.05, 4.69) is 20.9 Å². The van der Waals surface area contributed by atoms with Crippen molar-refractivity contribution in [3.8, 4) is 11.9 Å². The van der Waals surface area contributed by atoms with Crippen molar-refractivity contribution in [3.63, 3.8) is 0 Å². The zero-order valence-corrected chi connectivity index (χ0v) is 9.38. The van der Waals surface area contributed by atoms with Gasteiger partial charge in [0.15, 0.2) is 0 Å². The van der Waals surface area contributed by atoms with Gasteiger partial charge in [-0.3, -0.25) is 0 Å². The van der Waals surface area contributed by atoms with Gasteiger partial charge in [0.1, 0.15) is 11.6 Å². The number of pyridine rings is 1. The maximum Gasteiger partial charge on any atom is 0.265 e. The van der Waals surface area contributed by atoms with Crippen LogP contribution in [0.25, 0.3) is 0 Å². The van der Waals surface area contributed by atoms with Crippen molar-refractivity contribution in [1.82, 2.24) is 4.98 Å². The van der Waals surface area contributed by atoms with Gasteiger partial charge in [-0.25, -0.2) is 13.8 Å². The second-order valence-corrected chi connectivity index (χ2v) is 3.18. The first kappa shape index (κ1) is 11.9. The largest absolute Gasteiger partial charge is 0.480 e. The van der Waals surface area contributed by atoms with Crippen molar-refractivity contribution in [1.29, 1.82) is 5.26 Å². The first-order valence-corrected chi connectivity index (χ1v) is 5.07. The Kier molecular flexibility index (Phi) is 3.97. The minimum Gasteiger partial charge on any atom is -0.480 e. The Morgan fingerprint density at radius 1 is 1.67 bits per heavy atom.